The average Bonchev–Trinajstić information content (AvgIpc) is 2.33. The summed E-state index contributed by atoms with van der Waals surface area (Å²) in [6.45, 7) is 5.29. The van der Waals surface area contributed by atoms with Crippen LogP contribution in [0.5, 0.6) is 0 Å². The predicted molar refractivity (Wildman–Crippen MR) is 58.2 cm³/mol. The summed E-state index contributed by atoms with van der Waals surface area (Å²) in [7, 11) is 0. The molecule has 1 unspecified atom stereocenters. The minimum Gasteiger partial charge on any atom is -0.330 e. The van der Waals surface area contributed by atoms with Gasteiger partial charge in [0.25, 0.3) is 0 Å². The van der Waals surface area contributed by atoms with Crippen LogP contribution < -0.4 is 5.73 Å². The van der Waals surface area contributed by atoms with Gasteiger partial charge < -0.3 is 5.73 Å². The Morgan fingerprint density at radius 1 is 1.38 bits per heavy atom. The molecule has 1 heterocycles. The fraction of sp³-hybridized carbons (Fsp3) is 0.455. The molecule has 0 amide bonds. The third-order valence-corrected chi connectivity index (χ3v) is 4.14. The Bertz CT molecular complexity index is 320. The van der Waals surface area contributed by atoms with Gasteiger partial charge in [-0.05, 0) is 25.5 Å². The van der Waals surface area contributed by atoms with E-state index in [1.54, 1.807) is 0 Å². The van der Waals surface area contributed by atoms with Crippen LogP contribution in [0.4, 0.5) is 0 Å². The highest BCUT2D eigenvalue weighted by atomic mass is 32.2. The molecule has 70 valence electrons. The van der Waals surface area contributed by atoms with Gasteiger partial charge >= 0.3 is 0 Å². The van der Waals surface area contributed by atoms with Crippen molar-refractivity contribution in [1.29, 1.82) is 0 Å². The normalized spacial score (nSPS) is 24.4. The van der Waals surface area contributed by atoms with Gasteiger partial charge in [0, 0.05) is 22.1 Å². The molecule has 0 aromatic heterocycles. The number of hydrogen-bond donors (Lipinski definition) is 1. The summed E-state index contributed by atoms with van der Waals surface area (Å²) in [5.41, 5.74) is 7.24. The lowest BCUT2D eigenvalue weighted by molar-refractivity contribution is 0.564. The van der Waals surface area contributed by atoms with Crippen LogP contribution >= 0.6 is 11.8 Å². The van der Waals surface area contributed by atoms with Crippen molar-refractivity contribution in [1.82, 2.24) is 0 Å². The summed E-state index contributed by atoms with van der Waals surface area (Å²) < 4.78 is 0.262. The van der Waals surface area contributed by atoms with Crippen LogP contribution in [0.3, 0.4) is 0 Å². The highest BCUT2D eigenvalue weighted by molar-refractivity contribution is 8.01. The number of rotatable bonds is 1. The number of thioether (sulfide) groups is 1. The number of nitrogens with two attached hydrogens (primary N) is 1. The highest BCUT2D eigenvalue weighted by Gasteiger charge is 2.38. The molecule has 0 spiro atoms. The van der Waals surface area contributed by atoms with Crippen LogP contribution in [-0.4, -0.2) is 11.3 Å². The fourth-order valence-electron chi connectivity index (χ4n) is 2.00. The fourth-order valence-corrected chi connectivity index (χ4v) is 3.41. The molecule has 0 aliphatic carbocycles. The van der Waals surface area contributed by atoms with Gasteiger partial charge in [-0.25, -0.2) is 0 Å². The van der Waals surface area contributed by atoms with Crippen molar-refractivity contribution in [3.05, 3.63) is 29.8 Å². The van der Waals surface area contributed by atoms with Gasteiger partial charge in [0.2, 0.25) is 0 Å². The molecule has 0 saturated heterocycles. The van der Waals surface area contributed by atoms with Crippen molar-refractivity contribution in [2.75, 3.05) is 6.54 Å². The SMILES string of the molecule is CC1(C)Sc2ccccc2C1CN. The van der Waals surface area contributed by atoms with E-state index >= 15 is 0 Å². The van der Waals surface area contributed by atoms with Crippen molar-refractivity contribution >= 4 is 11.8 Å². The summed E-state index contributed by atoms with van der Waals surface area (Å²) >= 11 is 1.95. The van der Waals surface area contributed by atoms with Gasteiger partial charge in [-0.3, -0.25) is 0 Å². The highest BCUT2D eigenvalue weighted by Crippen LogP contribution is 2.52. The maximum atomic E-state index is 5.81. The van der Waals surface area contributed by atoms with Crippen molar-refractivity contribution in [2.24, 2.45) is 5.73 Å². The van der Waals surface area contributed by atoms with Gasteiger partial charge in [-0.1, -0.05) is 18.2 Å². The average molecular weight is 193 g/mol. The Hall–Kier alpha value is -0.470. The molecular weight excluding hydrogens is 178 g/mol. The first-order valence-electron chi connectivity index (χ1n) is 4.63. The molecule has 1 aromatic carbocycles. The van der Waals surface area contributed by atoms with Crippen LogP contribution in [0, 0.1) is 0 Å². The van der Waals surface area contributed by atoms with Crippen LogP contribution in [-0.2, 0) is 0 Å². The molecule has 2 N–H and O–H groups in total. The molecule has 2 heteroatoms. The predicted octanol–water partition coefficient (Wildman–Crippen LogP) is 2.61. The Labute approximate surface area is 83.7 Å². The number of fused-ring (bicyclic) bond motifs is 1. The third kappa shape index (κ3) is 1.38. The Morgan fingerprint density at radius 3 is 2.77 bits per heavy atom. The largest absolute Gasteiger partial charge is 0.330 e. The van der Waals surface area contributed by atoms with Gasteiger partial charge in [0.05, 0.1) is 0 Å². The summed E-state index contributed by atoms with van der Waals surface area (Å²) in [6, 6.07) is 8.59. The van der Waals surface area contributed by atoms with E-state index in [1.807, 2.05) is 11.8 Å². The molecular formula is C11H15NS. The second-order valence-electron chi connectivity index (χ2n) is 4.03. The quantitative estimate of drug-likeness (QED) is 0.742. The molecule has 1 aliphatic rings. The van der Waals surface area contributed by atoms with E-state index in [4.69, 9.17) is 5.73 Å². The van der Waals surface area contributed by atoms with Crippen LogP contribution in [0.1, 0.15) is 25.3 Å². The van der Waals surface area contributed by atoms with Crippen molar-refractivity contribution in [2.45, 2.75) is 29.4 Å². The molecule has 0 saturated carbocycles. The van der Waals surface area contributed by atoms with E-state index in [2.05, 4.69) is 38.1 Å². The molecule has 2 rings (SSSR count). The molecule has 1 aromatic rings. The second-order valence-corrected chi connectivity index (χ2v) is 5.73. The van der Waals surface area contributed by atoms with Gasteiger partial charge in [-0.15, -0.1) is 11.8 Å². The first-order valence-corrected chi connectivity index (χ1v) is 5.45. The monoisotopic (exact) mass is 193 g/mol. The molecule has 0 radical (unpaired) electrons. The zero-order chi connectivity index (χ0) is 9.47. The first-order chi connectivity index (χ1) is 6.15. The van der Waals surface area contributed by atoms with E-state index in [0.29, 0.717) is 5.92 Å². The van der Waals surface area contributed by atoms with E-state index in [-0.39, 0.29) is 4.75 Å². The summed E-state index contributed by atoms with van der Waals surface area (Å²) in [5, 5.41) is 0. The smallest absolute Gasteiger partial charge is 0.0232 e. The maximum Gasteiger partial charge on any atom is 0.0232 e. The van der Waals surface area contributed by atoms with Gasteiger partial charge in [0.1, 0.15) is 0 Å². The minimum absolute atomic E-state index is 0.262. The van der Waals surface area contributed by atoms with E-state index in [1.165, 1.54) is 10.5 Å². The molecule has 1 nitrogen and oxygen atoms in total. The summed E-state index contributed by atoms with van der Waals surface area (Å²) in [6.07, 6.45) is 0. The van der Waals surface area contributed by atoms with E-state index in [0.717, 1.165) is 6.54 Å². The van der Waals surface area contributed by atoms with Crippen molar-refractivity contribution in [3.63, 3.8) is 0 Å². The molecule has 1 atom stereocenters. The number of hydrogen-bond acceptors (Lipinski definition) is 2. The summed E-state index contributed by atoms with van der Waals surface area (Å²) in [5.74, 6) is 0.508. The second kappa shape index (κ2) is 3.03. The van der Waals surface area contributed by atoms with Crippen LogP contribution in [0.2, 0.25) is 0 Å². The molecule has 1 aliphatic heterocycles. The molecule has 13 heavy (non-hydrogen) atoms. The minimum atomic E-state index is 0.262. The lowest BCUT2D eigenvalue weighted by Gasteiger charge is -2.24. The third-order valence-electron chi connectivity index (χ3n) is 2.74. The standard InChI is InChI=1S/C11H15NS/c1-11(2)9(7-12)8-5-3-4-6-10(8)13-11/h3-6,9H,7,12H2,1-2H3. The lowest BCUT2D eigenvalue weighted by atomic mass is 9.88. The Kier molecular flexibility index (Phi) is 2.12. The van der Waals surface area contributed by atoms with Crippen molar-refractivity contribution < 1.29 is 0 Å². The molecule has 0 bridgehead atoms. The topological polar surface area (TPSA) is 26.0 Å². The summed E-state index contributed by atoms with van der Waals surface area (Å²) in [4.78, 5) is 1.41. The lowest BCUT2D eigenvalue weighted by Crippen LogP contribution is -2.27. The Morgan fingerprint density at radius 2 is 2.08 bits per heavy atom. The van der Waals surface area contributed by atoms with Gasteiger partial charge in [0.15, 0.2) is 0 Å². The van der Waals surface area contributed by atoms with Gasteiger partial charge in [-0.2, -0.15) is 0 Å². The zero-order valence-corrected chi connectivity index (χ0v) is 8.90. The maximum absolute atomic E-state index is 5.81. The zero-order valence-electron chi connectivity index (χ0n) is 8.08. The molecule has 0 fully saturated rings. The van der Waals surface area contributed by atoms with E-state index in [9.17, 15) is 0 Å². The van der Waals surface area contributed by atoms with Crippen molar-refractivity contribution in [3.8, 4) is 0 Å². The number of benzene rings is 1. The van der Waals surface area contributed by atoms with Crippen LogP contribution in [0.25, 0.3) is 0 Å². The van der Waals surface area contributed by atoms with Crippen LogP contribution in [0.15, 0.2) is 29.2 Å². The van der Waals surface area contributed by atoms with E-state index < -0.39 is 0 Å². The first kappa shape index (κ1) is 9.10. The Balaban J connectivity index is 2.46.